The van der Waals surface area contributed by atoms with Crippen LogP contribution < -0.4 is 14.8 Å². The number of nitrogens with one attached hydrogen (secondary N) is 1. The number of esters is 1. The fourth-order valence-corrected chi connectivity index (χ4v) is 3.77. The zero-order chi connectivity index (χ0) is 24.1. The first kappa shape index (κ1) is 23.4. The number of benzene rings is 2. The molecule has 0 saturated heterocycles. The Morgan fingerprint density at radius 3 is 2.59 bits per heavy atom. The van der Waals surface area contributed by atoms with E-state index >= 15 is 0 Å². The number of ether oxygens (including phenoxy) is 3. The smallest absolute Gasteiger partial charge is 0.416 e. The lowest BCUT2D eigenvalue weighted by atomic mass is 10.1. The highest BCUT2D eigenvalue weighted by Crippen LogP contribution is 2.34. The normalized spacial score (nSPS) is 12.3. The van der Waals surface area contributed by atoms with Crippen LogP contribution in [0.2, 0.25) is 0 Å². The molecule has 2 aromatic carbocycles. The first-order valence-electron chi connectivity index (χ1n) is 9.90. The molecule has 0 fully saturated rings. The molecule has 1 aliphatic rings. The fourth-order valence-electron chi connectivity index (χ4n) is 2.98. The number of hydrogen-bond acceptors (Lipinski definition) is 7. The molecule has 0 radical (unpaired) electrons. The van der Waals surface area contributed by atoms with Crippen LogP contribution in [0.4, 0.5) is 18.9 Å². The summed E-state index contributed by atoms with van der Waals surface area (Å²) >= 11 is 1.05. The predicted octanol–water partition coefficient (Wildman–Crippen LogP) is 4.92. The average Bonchev–Trinajstić information content (AvgIpc) is 3.29. The molecule has 0 spiro atoms. The van der Waals surface area contributed by atoms with E-state index in [1.54, 1.807) is 24.3 Å². The van der Waals surface area contributed by atoms with E-state index in [0.717, 1.165) is 23.9 Å². The molecule has 1 N–H and O–H groups in total. The Labute approximate surface area is 196 Å². The van der Waals surface area contributed by atoms with Crippen LogP contribution in [0.15, 0.2) is 65.8 Å². The van der Waals surface area contributed by atoms with Gasteiger partial charge in [0, 0.05) is 18.0 Å². The molecule has 1 aliphatic heterocycles. The van der Waals surface area contributed by atoms with Crippen molar-refractivity contribution < 1.29 is 37.0 Å². The number of halogens is 3. The minimum absolute atomic E-state index is 0.0232. The van der Waals surface area contributed by atoms with Crippen molar-refractivity contribution in [2.24, 2.45) is 0 Å². The molecule has 3 aromatic rings. The number of anilines is 1. The quantitative estimate of drug-likeness (QED) is 0.372. The van der Waals surface area contributed by atoms with Crippen molar-refractivity contribution >= 4 is 29.3 Å². The van der Waals surface area contributed by atoms with Crippen LogP contribution in [0.25, 0.3) is 0 Å². The van der Waals surface area contributed by atoms with Gasteiger partial charge in [-0.05, 0) is 42.0 Å². The number of carbonyl (C=O) groups is 2. The average molecular weight is 490 g/mol. The molecule has 4 rings (SSSR count). The Morgan fingerprint density at radius 1 is 1.06 bits per heavy atom. The van der Waals surface area contributed by atoms with Crippen molar-refractivity contribution in [2.45, 2.75) is 17.8 Å². The van der Waals surface area contributed by atoms with Gasteiger partial charge in [-0.1, -0.05) is 23.9 Å². The Bertz CT molecular complexity index is 1200. The monoisotopic (exact) mass is 490 g/mol. The van der Waals surface area contributed by atoms with Gasteiger partial charge in [-0.15, -0.1) is 0 Å². The fraction of sp³-hybridized carbons (Fsp3) is 0.174. The maximum Gasteiger partial charge on any atom is 0.416 e. The predicted molar refractivity (Wildman–Crippen MR) is 117 cm³/mol. The van der Waals surface area contributed by atoms with Crippen molar-refractivity contribution in [1.29, 1.82) is 0 Å². The zero-order valence-corrected chi connectivity index (χ0v) is 18.2. The van der Waals surface area contributed by atoms with Crippen LogP contribution in [0.5, 0.6) is 11.5 Å². The number of thioether (sulfide) groups is 1. The lowest BCUT2D eigenvalue weighted by molar-refractivity contribution is -0.137. The van der Waals surface area contributed by atoms with E-state index in [1.807, 2.05) is 0 Å². The Morgan fingerprint density at radius 2 is 1.82 bits per heavy atom. The second-order valence-electron chi connectivity index (χ2n) is 7.03. The van der Waals surface area contributed by atoms with Crippen LogP contribution in [0.3, 0.4) is 0 Å². The Balaban J connectivity index is 1.33. The third-order valence-electron chi connectivity index (χ3n) is 4.64. The number of alkyl halides is 3. The van der Waals surface area contributed by atoms with Gasteiger partial charge >= 0.3 is 12.1 Å². The molecule has 1 amide bonds. The number of pyridine rings is 1. The van der Waals surface area contributed by atoms with Crippen LogP contribution in [0, 0.1) is 0 Å². The molecule has 176 valence electrons. The highest BCUT2D eigenvalue weighted by Gasteiger charge is 2.30. The Hall–Kier alpha value is -3.73. The van der Waals surface area contributed by atoms with E-state index in [1.165, 1.54) is 24.4 Å². The third-order valence-corrected chi connectivity index (χ3v) is 5.64. The Kier molecular flexibility index (Phi) is 6.92. The van der Waals surface area contributed by atoms with E-state index in [9.17, 15) is 22.8 Å². The lowest BCUT2D eigenvalue weighted by Gasteiger charge is -2.10. The summed E-state index contributed by atoms with van der Waals surface area (Å²) < 4.78 is 53.7. The summed E-state index contributed by atoms with van der Waals surface area (Å²) in [6, 6.07) is 12.4. The minimum atomic E-state index is -4.44. The largest absolute Gasteiger partial charge is 0.457 e. The van der Waals surface area contributed by atoms with Gasteiger partial charge in [0.25, 0.3) is 0 Å². The van der Waals surface area contributed by atoms with Gasteiger partial charge in [-0.25, -0.2) is 9.78 Å². The molecule has 11 heteroatoms. The maximum atomic E-state index is 12.7. The zero-order valence-electron chi connectivity index (χ0n) is 17.4. The molecule has 1 aromatic heterocycles. The number of amides is 1. The van der Waals surface area contributed by atoms with E-state index in [0.29, 0.717) is 27.8 Å². The number of fused-ring (bicyclic) bond motifs is 1. The van der Waals surface area contributed by atoms with Crippen molar-refractivity contribution in [3.63, 3.8) is 0 Å². The van der Waals surface area contributed by atoms with E-state index in [2.05, 4.69) is 10.3 Å². The number of rotatable bonds is 7. The summed E-state index contributed by atoms with van der Waals surface area (Å²) in [5.41, 5.74) is 0.303. The number of aromatic nitrogens is 1. The topological polar surface area (TPSA) is 86.8 Å². The second kappa shape index (κ2) is 10.0. The minimum Gasteiger partial charge on any atom is -0.457 e. The molecular formula is C23H17F3N2O5S. The van der Waals surface area contributed by atoms with Crippen molar-refractivity contribution in [3.05, 3.63) is 77.5 Å². The second-order valence-corrected chi connectivity index (χ2v) is 8.00. The SMILES string of the molecule is O=C(CSc1ncccc1C(=O)OCc1ccc(C(F)(F)F)cc1)Nc1ccc2c(c1)OCO2. The number of nitrogens with zero attached hydrogens (tertiary/aromatic N) is 1. The highest BCUT2D eigenvalue weighted by molar-refractivity contribution is 8.00. The van der Waals surface area contributed by atoms with Crippen LogP contribution in [-0.4, -0.2) is 29.4 Å². The van der Waals surface area contributed by atoms with Gasteiger partial charge in [-0.3, -0.25) is 4.79 Å². The summed E-state index contributed by atoms with van der Waals surface area (Å²) in [6.45, 7) is -0.0828. The lowest BCUT2D eigenvalue weighted by Crippen LogP contribution is -2.15. The van der Waals surface area contributed by atoms with Crippen molar-refractivity contribution in [3.8, 4) is 11.5 Å². The van der Waals surface area contributed by atoms with Gasteiger partial charge in [0.2, 0.25) is 12.7 Å². The van der Waals surface area contributed by atoms with Crippen LogP contribution >= 0.6 is 11.8 Å². The standard InChI is InChI=1S/C23H17F3N2O5S/c24-23(25,26)15-5-3-14(4-6-15)11-31-22(30)17-2-1-9-27-21(17)34-12-20(29)28-16-7-8-18-19(10-16)33-13-32-18/h1-10H,11-13H2,(H,28,29). The molecule has 34 heavy (non-hydrogen) atoms. The van der Waals surface area contributed by atoms with Crippen molar-refractivity contribution in [1.82, 2.24) is 4.98 Å². The molecule has 0 unspecified atom stereocenters. The van der Waals surface area contributed by atoms with E-state index in [4.69, 9.17) is 14.2 Å². The number of hydrogen-bond donors (Lipinski definition) is 1. The molecule has 7 nitrogen and oxygen atoms in total. The summed E-state index contributed by atoms with van der Waals surface area (Å²) in [7, 11) is 0. The summed E-state index contributed by atoms with van der Waals surface area (Å²) in [4.78, 5) is 29.0. The maximum absolute atomic E-state index is 12.7. The molecule has 0 aliphatic carbocycles. The van der Waals surface area contributed by atoms with E-state index in [-0.39, 0.29) is 30.6 Å². The third kappa shape index (κ3) is 5.79. The summed E-state index contributed by atoms with van der Waals surface area (Å²) in [5, 5.41) is 3.03. The van der Waals surface area contributed by atoms with E-state index < -0.39 is 17.7 Å². The molecular weight excluding hydrogens is 473 g/mol. The molecule has 0 saturated carbocycles. The van der Waals surface area contributed by atoms with Gasteiger partial charge in [0.05, 0.1) is 16.9 Å². The first-order chi connectivity index (χ1) is 16.3. The molecule has 0 bridgehead atoms. The van der Waals surface area contributed by atoms with Gasteiger partial charge in [0.1, 0.15) is 11.6 Å². The summed E-state index contributed by atoms with van der Waals surface area (Å²) in [5.74, 6) is 0.0869. The van der Waals surface area contributed by atoms with Gasteiger partial charge in [0.15, 0.2) is 11.5 Å². The molecule has 0 atom stereocenters. The first-order valence-corrected chi connectivity index (χ1v) is 10.9. The number of carbonyl (C=O) groups excluding carboxylic acids is 2. The van der Waals surface area contributed by atoms with Gasteiger partial charge < -0.3 is 19.5 Å². The van der Waals surface area contributed by atoms with Crippen LogP contribution in [-0.2, 0) is 22.3 Å². The van der Waals surface area contributed by atoms with Crippen molar-refractivity contribution in [2.75, 3.05) is 17.9 Å². The van der Waals surface area contributed by atoms with Crippen LogP contribution in [0.1, 0.15) is 21.5 Å². The highest BCUT2D eigenvalue weighted by atomic mass is 32.2. The molecule has 2 heterocycles. The van der Waals surface area contributed by atoms with Gasteiger partial charge in [-0.2, -0.15) is 13.2 Å². The summed E-state index contributed by atoms with van der Waals surface area (Å²) in [6.07, 6.45) is -2.96.